The minimum Gasteiger partial charge on any atom is -0.450 e. The van der Waals surface area contributed by atoms with Gasteiger partial charge in [0, 0.05) is 22.9 Å². The van der Waals surface area contributed by atoms with E-state index in [0.717, 1.165) is 16.0 Å². The van der Waals surface area contributed by atoms with E-state index in [9.17, 15) is 9.59 Å². The minimum absolute atomic E-state index is 0.0857. The van der Waals surface area contributed by atoms with Crippen LogP contribution < -0.4 is 11.1 Å². The first-order chi connectivity index (χ1) is 13.0. The van der Waals surface area contributed by atoms with Crippen LogP contribution in [-0.4, -0.2) is 30.1 Å². The van der Waals surface area contributed by atoms with Gasteiger partial charge in [-0.1, -0.05) is 23.7 Å². The number of aryl methyl sites for hydroxylation is 1. The molecule has 0 unspecified atom stereocenters. The Hall–Kier alpha value is -2.25. The largest absolute Gasteiger partial charge is 0.450 e. The Bertz CT molecular complexity index is 835. The third-order valence-corrected chi connectivity index (χ3v) is 5.83. The zero-order valence-electron chi connectivity index (χ0n) is 15.1. The number of benzene rings is 1. The molecule has 3 rings (SSSR count). The maximum Gasteiger partial charge on any atom is 0.410 e. The van der Waals surface area contributed by atoms with Gasteiger partial charge in [0.15, 0.2) is 0 Å². The number of hydrogen-bond acceptors (Lipinski definition) is 5. The molecule has 0 fully saturated rings. The first kappa shape index (κ1) is 19.5. The summed E-state index contributed by atoms with van der Waals surface area (Å²) in [5, 5.41) is 4.25. The highest BCUT2D eigenvalue weighted by Crippen LogP contribution is 2.39. The van der Waals surface area contributed by atoms with Crippen molar-refractivity contribution in [3.8, 4) is 0 Å². The standard InChI is InChI=1S/C19H22ClN3O3S/c1-2-26-19(25)23-10-9-14-15(11-23)27-18(17(14)21)22-16(24)8-5-12-3-6-13(20)7-4-12/h3-4,6-7H,2,5,8-11,21H2,1H3,(H,22,24). The quantitative estimate of drug-likeness (QED) is 0.782. The number of thiophene rings is 1. The van der Waals surface area contributed by atoms with E-state index >= 15 is 0 Å². The first-order valence-corrected chi connectivity index (χ1v) is 10.0. The molecule has 27 heavy (non-hydrogen) atoms. The van der Waals surface area contributed by atoms with Gasteiger partial charge in [-0.25, -0.2) is 4.79 Å². The van der Waals surface area contributed by atoms with Crippen molar-refractivity contribution in [3.63, 3.8) is 0 Å². The first-order valence-electron chi connectivity index (χ1n) is 8.84. The van der Waals surface area contributed by atoms with Crippen LogP contribution in [0.4, 0.5) is 15.5 Å². The number of carbonyl (C=O) groups is 2. The fraction of sp³-hybridized carbons (Fsp3) is 0.368. The number of carbonyl (C=O) groups excluding carboxylic acids is 2. The number of ether oxygens (including phenoxy) is 1. The summed E-state index contributed by atoms with van der Waals surface area (Å²) in [5.41, 5.74) is 8.91. The molecule has 2 heterocycles. The maximum atomic E-state index is 12.3. The van der Waals surface area contributed by atoms with Crippen molar-refractivity contribution in [2.24, 2.45) is 0 Å². The number of halogens is 1. The molecule has 2 aromatic rings. The van der Waals surface area contributed by atoms with Gasteiger partial charge in [0.25, 0.3) is 0 Å². The van der Waals surface area contributed by atoms with Crippen molar-refractivity contribution in [1.29, 1.82) is 0 Å². The van der Waals surface area contributed by atoms with Gasteiger partial charge in [0.05, 0.1) is 18.8 Å². The smallest absolute Gasteiger partial charge is 0.410 e. The van der Waals surface area contributed by atoms with Crippen molar-refractivity contribution in [2.45, 2.75) is 32.7 Å². The topological polar surface area (TPSA) is 84.7 Å². The molecule has 0 aliphatic carbocycles. The van der Waals surface area contributed by atoms with Gasteiger partial charge >= 0.3 is 6.09 Å². The molecule has 3 N–H and O–H groups in total. The second-order valence-electron chi connectivity index (χ2n) is 6.29. The van der Waals surface area contributed by atoms with Crippen LogP contribution in [0.3, 0.4) is 0 Å². The lowest BCUT2D eigenvalue weighted by molar-refractivity contribution is -0.116. The van der Waals surface area contributed by atoms with E-state index in [4.69, 9.17) is 22.1 Å². The van der Waals surface area contributed by atoms with Gasteiger partial charge in [-0.15, -0.1) is 11.3 Å². The Morgan fingerprint density at radius 2 is 2.07 bits per heavy atom. The number of fused-ring (bicyclic) bond motifs is 1. The van der Waals surface area contributed by atoms with E-state index in [1.165, 1.54) is 11.3 Å². The van der Waals surface area contributed by atoms with Gasteiger partial charge in [0.1, 0.15) is 5.00 Å². The molecule has 1 aromatic heterocycles. The third kappa shape index (κ3) is 4.73. The lowest BCUT2D eigenvalue weighted by Gasteiger charge is -2.26. The molecule has 0 radical (unpaired) electrons. The second kappa shape index (κ2) is 8.63. The summed E-state index contributed by atoms with van der Waals surface area (Å²) in [4.78, 5) is 26.9. The Morgan fingerprint density at radius 3 is 2.78 bits per heavy atom. The number of nitrogen functional groups attached to an aromatic ring is 1. The van der Waals surface area contributed by atoms with Gasteiger partial charge in [-0.2, -0.15) is 0 Å². The van der Waals surface area contributed by atoms with E-state index in [-0.39, 0.29) is 12.0 Å². The molecule has 1 aliphatic rings. The number of amides is 2. The van der Waals surface area contributed by atoms with Crippen molar-refractivity contribution in [2.75, 3.05) is 24.2 Å². The fourth-order valence-corrected chi connectivity index (χ4v) is 4.32. The average molecular weight is 408 g/mol. The van der Waals surface area contributed by atoms with Gasteiger partial charge in [0.2, 0.25) is 5.91 Å². The fourth-order valence-electron chi connectivity index (χ4n) is 2.99. The van der Waals surface area contributed by atoms with Crippen LogP contribution in [-0.2, 0) is 28.9 Å². The number of hydrogen-bond donors (Lipinski definition) is 2. The molecule has 2 amide bonds. The predicted molar refractivity (Wildman–Crippen MR) is 108 cm³/mol. The summed E-state index contributed by atoms with van der Waals surface area (Å²) in [7, 11) is 0. The lowest BCUT2D eigenvalue weighted by Crippen LogP contribution is -2.35. The van der Waals surface area contributed by atoms with Gasteiger partial charge in [-0.3, -0.25) is 4.79 Å². The Labute approximate surface area is 167 Å². The Morgan fingerprint density at radius 1 is 1.33 bits per heavy atom. The van der Waals surface area contributed by atoms with E-state index in [0.29, 0.717) is 54.7 Å². The maximum absolute atomic E-state index is 12.3. The van der Waals surface area contributed by atoms with Crippen molar-refractivity contribution in [1.82, 2.24) is 4.90 Å². The summed E-state index contributed by atoms with van der Waals surface area (Å²) in [5.74, 6) is -0.0857. The predicted octanol–water partition coefficient (Wildman–Crippen LogP) is 4.07. The molecule has 0 saturated heterocycles. The zero-order valence-corrected chi connectivity index (χ0v) is 16.7. The summed E-state index contributed by atoms with van der Waals surface area (Å²) < 4.78 is 5.06. The summed E-state index contributed by atoms with van der Waals surface area (Å²) in [6, 6.07) is 7.46. The minimum atomic E-state index is -0.316. The molecule has 1 aromatic carbocycles. The molecule has 144 valence electrons. The van der Waals surface area contributed by atoms with Gasteiger partial charge in [-0.05, 0) is 43.0 Å². The van der Waals surface area contributed by atoms with Crippen molar-refractivity contribution in [3.05, 3.63) is 45.3 Å². The zero-order chi connectivity index (χ0) is 19.4. The molecule has 6 nitrogen and oxygen atoms in total. The summed E-state index contributed by atoms with van der Waals surface area (Å²) in [6.07, 6.45) is 1.34. The highest BCUT2D eigenvalue weighted by atomic mass is 35.5. The molecular weight excluding hydrogens is 386 g/mol. The SMILES string of the molecule is CCOC(=O)N1CCc2c(sc(NC(=O)CCc3ccc(Cl)cc3)c2N)C1. The number of anilines is 2. The van der Waals surface area contributed by atoms with Crippen LogP contribution in [0, 0.1) is 0 Å². The Kier molecular flexibility index (Phi) is 6.23. The van der Waals surface area contributed by atoms with Crippen LogP contribution in [0.1, 0.15) is 29.3 Å². The van der Waals surface area contributed by atoms with Crippen LogP contribution in [0.25, 0.3) is 0 Å². The number of rotatable bonds is 5. The monoisotopic (exact) mass is 407 g/mol. The van der Waals surface area contributed by atoms with Crippen LogP contribution in [0.5, 0.6) is 0 Å². The van der Waals surface area contributed by atoms with Crippen molar-refractivity contribution < 1.29 is 14.3 Å². The average Bonchev–Trinajstić information content (AvgIpc) is 2.96. The summed E-state index contributed by atoms with van der Waals surface area (Å²) >= 11 is 7.30. The van der Waals surface area contributed by atoms with E-state index in [1.54, 1.807) is 11.8 Å². The molecular formula is C19H22ClN3O3S. The highest BCUT2D eigenvalue weighted by Gasteiger charge is 2.27. The number of nitrogens with zero attached hydrogens (tertiary/aromatic N) is 1. The molecule has 8 heteroatoms. The normalized spacial score (nSPS) is 13.2. The molecule has 0 bridgehead atoms. The number of nitrogens with two attached hydrogens (primary N) is 1. The van der Waals surface area contributed by atoms with E-state index in [2.05, 4.69) is 5.32 Å². The third-order valence-electron chi connectivity index (χ3n) is 4.43. The summed E-state index contributed by atoms with van der Waals surface area (Å²) in [6.45, 7) is 3.16. The van der Waals surface area contributed by atoms with Crippen molar-refractivity contribution >= 4 is 45.6 Å². The van der Waals surface area contributed by atoms with E-state index < -0.39 is 0 Å². The second-order valence-corrected chi connectivity index (χ2v) is 7.83. The lowest BCUT2D eigenvalue weighted by atomic mass is 10.1. The van der Waals surface area contributed by atoms with Crippen LogP contribution in [0.15, 0.2) is 24.3 Å². The highest BCUT2D eigenvalue weighted by molar-refractivity contribution is 7.17. The molecule has 1 aliphatic heterocycles. The molecule has 0 atom stereocenters. The van der Waals surface area contributed by atoms with Gasteiger partial charge < -0.3 is 20.7 Å². The van der Waals surface area contributed by atoms with E-state index in [1.807, 2.05) is 24.3 Å². The molecule has 0 saturated carbocycles. The number of nitrogens with one attached hydrogen (secondary N) is 1. The van der Waals surface area contributed by atoms with Crippen LogP contribution >= 0.6 is 22.9 Å². The molecule has 0 spiro atoms. The van der Waals surface area contributed by atoms with Crippen LogP contribution in [0.2, 0.25) is 5.02 Å². The Balaban J connectivity index is 1.60.